The fourth-order valence-electron chi connectivity index (χ4n) is 3.47. The van der Waals surface area contributed by atoms with Crippen LogP contribution >= 0.6 is 0 Å². The van der Waals surface area contributed by atoms with Crippen molar-refractivity contribution in [3.05, 3.63) is 0 Å². The van der Waals surface area contributed by atoms with E-state index in [0.717, 1.165) is 32.1 Å². The number of nitrogens with zero attached hydrogens (tertiary/aromatic N) is 1. The van der Waals surface area contributed by atoms with E-state index in [2.05, 4.69) is 6.92 Å². The zero-order valence-corrected chi connectivity index (χ0v) is 11.5. The quantitative estimate of drug-likeness (QED) is 0.814. The van der Waals surface area contributed by atoms with Gasteiger partial charge in [-0.3, -0.25) is 0 Å². The predicted octanol–water partition coefficient (Wildman–Crippen LogP) is 1.32. The molecule has 1 saturated carbocycles. The second-order valence-corrected chi connectivity index (χ2v) is 7.74. The summed E-state index contributed by atoms with van der Waals surface area (Å²) in [6.07, 6.45) is 5.96. The molecule has 2 atom stereocenters. The van der Waals surface area contributed by atoms with Gasteiger partial charge in [-0.2, -0.15) is 4.31 Å². The monoisotopic (exact) mass is 260 g/mol. The van der Waals surface area contributed by atoms with Gasteiger partial charge in [0.15, 0.2) is 0 Å². The molecule has 0 aromatic heterocycles. The van der Waals surface area contributed by atoms with Crippen LogP contribution in [-0.4, -0.2) is 37.1 Å². The number of hydrogen-bond acceptors (Lipinski definition) is 3. The van der Waals surface area contributed by atoms with Crippen LogP contribution in [0, 0.1) is 5.92 Å². The second kappa shape index (κ2) is 4.86. The fourth-order valence-corrected chi connectivity index (χ4v) is 5.49. The summed E-state index contributed by atoms with van der Waals surface area (Å²) in [5.74, 6) is 0.896. The minimum absolute atomic E-state index is 0.281. The van der Waals surface area contributed by atoms with E-state index in [0.29, 0.717) is 24.8 Å². The summed E-state index contributed by atoms with van der Waals surface area (Å²) in [5, 5.41) is 0. The molecule has 0 amide bonds. The Morgan fingerprint density at radius 1 is 1.35 bits per heavy atom. The van der Waals surface area contributed by atoms with Crippen molar-refractivity contribution in [1.29, 1.82) is 0 Å². The molecule has 1 saturated heterocycles. The predicted molar refractivity (Wildman–Crippen MR) is 69.1 cm³/mol. The first-order valence-electron chi connectivity index (χ1n) is 6.71. The lowest BCUT2D eigenvalue weighted by Gasteiger charge is -2.48. The van der Waals surface area contributed by atoms with Crippen LogP contribution in [0.5, 0.6) is 0 Å². The minimum atomic E-state index is -3.06. The fraction of sp³-hybridized carbons (Fsp3) is 1.00. The highest BCUT2D eigenvalue weighted by Gasteiger charge is 2.45. The number of hydrogen-bond donors (Lipinski definition) is 1. The lowest BCUT2D eigenvalue weighted by Crippen LogP contribution is -2.60. The largest absolute Gasteiger partial charge is 0.329 e. The van der Waals surface area contributed by atoms with E-state index in [1.807, 2.05) is 0 Å². The van der Waals surface area contributed by atoms with Gasteiger partial charge < -0.3 is 5.73 Å². The first-order chi connectivity index (χ1) is 8.00. The molecule has 17 heavy (non-hydrogen) atoms. The summed E-state index contributed by atoms with van der Waals surface area (Å²) in [6.45, 7) is 3.35. The molecular weight excluding hydrogens is 236 g/mol. The van der Waals surface area contributed by atoms with E-state index in [4.69, 9.17) is 5.73 Å². The number of sulfonamides is 1. The molecular formula is C12H24N2O2S. The Kier molecular flexibility index (Phi) is 3.80. The average molecular weight is 260 g/mol. The van der Waals surface area contributed by atoms with Gasteiger partial charge in [-0.05, 0) is 31.6 Å². The van der Waals surface area contributed by atoms with Crippen LogP contribution in [0.4, 0.5) is 0 Å². The van der Waals surface area contributed by atoms with Crippen LogP contribution in [0.15, 0.2) is 0 Å². The van der Waals surface area contributed by atoms with Crippen LogP contribution in [0.2, 0.25) is 0 Å². The van der Waals surface area contributed by atoms with Gasteiger partial charge in [0, 0.05) is 18.6 Å². The van der Waals surface area contributed by atoms with Gasteiger partial charge in [-0.25, -0.2) is 8.42 Å². The lowest BCUT2D eigenvalue weighted by atomic mass is 9.76. The maximum absolute atomic E-state index is 12.2. The van der Waals surface area contributed by atoms with Gasteiger partial charge in [-0.15, -0.1) is 0 Å². The summed E-state index contributed by atoms with van der Waals surface area (Å²) in [7, 11) is -3.06. The van der Waals surface area contributed by atoms with Crippen LogP contribution in [0.1, 0.15) is 45.4 Å². The molecule has 1 aliphatic heterocycles. The van der Waals surface area contributed by atoms with Crippen LogP contribution in [0.3, 0.4) is 0 Å². The maximum Gasteiger partial charge on any atom is 0.214 e. The Bertz CT molecular complexity index is 369. The van der Waals surface area contributed by atoms with E-state index in [1.54, 1.807) is 4.31 Å². The van der Waals surface area contributed by atoms with Crippen molar-refractivity contribution in [2.45, 2.75) is 51.0 Å². The molecule has 0 spiro atoms. The highest BCUT2D eigenvalue weighted by Crippen LogP contribution is 2.39. The molecule has 1 aliphatic carbocycles. The van der Waals surface area contributed by atoms with Crippen LogP contribution in [-0.2, 0) is 10.0 Å². The Hall–Kier alpha value is -0.130. The second-order valence-electron chi connectivity index (χ2n) is 5.73. The van der Waals surface area contributed by atoms with E-state index in [-0.39, 0.29) is 5.54 Å². The van der Waals surface area contributed by atoms with E-state index in [1.165, 1.54) is 6.42 Å². The van der Waals surface area contributed by atoms with Crippen molar-refractivity contribution in [3.63, 3.8) is 0 Å². The minimum Gasteiger partial charge on any atom is -0.329 e. The molecule has 0 aromatic carbocycles. The van der Waals surface area contributed by atoms with Crippen molar-refractivity contribution < 1.29 is 8.42 Å². The van der Waals surface area contributed by atoms with E-state index < -0.39 is 10.0 Å². The van der Waals surface area contributed by atoms with Gasteiger partial charge in [0.1, 0.15) is 0 Å². The molecule has 100 valence electrons. The molecule has 5 heteroatoms. The zero-order valence-electron chi connectivity index (χ0n) is 10.7. The Balaban J connectivity index is 2.27. The molecule has 2 unspecified atom stereocenters. The third kappa shape index (κ3) is 2.51. The first kappa shape index (κ1) is 13.3. The molecule has 0 bridgehead atoms. The summed E-state index contributed by atoms with van der Waals surface area (Å²) < 4.78 is 26.2. The third-order valence-electron chi connectivity index (χ3n) is 4.33. The molecule has 0 radical (unpaired) electrons. The van der Waals surface area contributed by atoms with Gasteiger partial charge in [-0.1, -0.05) is 19.8 Å². The van der Waals surface area contributed by atoms with Crippen molar-refractivity contribution in [1.82, 2.24) is 4.31 Å². The van der Waals surface area contributed by atoms with Crippen molar-refractivity contribution >= 4 is 10.0 Å². The molecule has 2 N–H and O–H groups in total. The average Bonchev–Trinajstić information content (AvgIpc) is 2.28. The van der Waals surface area contributed by atoms with Crippen molar-refractivity contribution in [3.8, 4) is 0 Å². The first-order valence-corrected chi connectivity index (χ1v) is 8.32. The normalized spacial score (nSPS) is 39.1. The summed E-state index contributed by atoms with van der Waals surface area (Å²) in [5.41, 5.74) is 5.67. The molecule has 2 aliphatic rings. The number of rotatable bonds is 2. The van der Waals surface area contributed by atoms with Crippen LogP contribution in [0.25, 0.3) is 0 Å². The molecule has 4 nitrogen and oxygen atoms in total. The number of nitrogens with two attached hydrogens (primary N) is 1. The zero-order chi connectivity index (χ0) is 12.5. The Labute approximate surface area is 105 Å². The smallest absolute Gasteiger partial charge is 0.214 e. The highest BCUT2D eigenvalue weighted by atomic mass is 32.2. The Morgan fingerprint density at radius 2 is 2.12 bits per heavy atom. The van der Waals surface area contributed by atoms with Gasteiger partial charge >= 0.3 is 0 Å². The van der Waals surface area contributed by atoms with E-state index >= 15 is 0 Å². The van der Waals surface area contributed by atoms with Gasteiger partial charge in [0.05, 0.1) is 5.75 Å². The van der Waals surface area contributed by atoms with Crippen molar-refractivity contribution in [2.24, 2.45) is 11.7 Å². The molecule has 0 aromatic rings. The summed E-state index contributed by atoms with van der Waals surface area (Å²) in [4.78, 5) is 0. The van der Waals surface area contributed by atoms with Crippen molar-refractivity contribution in [2.75, 3.05) is 18.8 Å². The molecule has 2 fully saturated rings. The summed E-state index contributed by atoms with van der Waals surface area (Å²) >= 11 is 0. The lowest BCUT2D eigenvalue weighted by molar-refractivity contribution is 0.104. The van der Waals surface area contributed by atoms with E-state index in [9.17, 15) is 8.42 Å². The van der Waals surface area contributed by atoms with Gasteiger partial charge in [0.2, 0.25) is 10.0 Å². The molecule has 2 rings (SSSR count). The SMILES string of the molecule is CC1CCCC(CN)(N2CCCCS2(=O)=O)C1. The maximum atomic E-state index is 12.2. The topological polar surface area (TPSA) is 63.4 Å². The van der Waals surface area contributed by atoms with Gasteiger partial charge in [0.25, 0.3) is 0 Å². The van der Waals surface area contributed by atoms with Crippen LogP contribution < -0.4 is 5.73 Å². The Morgan fingerprint density at radius 3 is 2.71 bits per heavy atom. The highest BCUT2D eigenvalue weighted by molar-refractivity contribution is 7.89. The standard InChI is InChI=1S/C12H24N2O2S/c1-11-5-4-6-12(9-11,10-13)14-7-2-3-8-17(14,15)16/h11H,2-10,13H2,1H3. The summed E-state index contributed by atoms with van der Waals surface area (Å²) in [6, 6.07) is 0. The third-order valence-corrected chi connectivity index (χ3v) is 6.37. The molecule has 1 heterocycles.